The lowest BCUT2D eigenvalue weighted by atomic mass is 10.0. The zero-order chi connectivity index (χ0) is 20.8. The molecule has 1 aliphatic carbocycles. The molecular formula is C21H25N7O2. The lowest BCUT2D eigenvalue weighted by molar-refractivity contribution is 0.0778. The predicted molar refractivity (Wildman–Crippen MR) is 111 cm³/mol. The Morgan fingerprint density at radius 3 is 2.73 bits per heavy atom. The fourth-order valence-corrected chi connectivity index (χ4v) is 4.08. The van der Waals surface area contributed by atoms with Crippen molar-refractivity contribution in [1.82, 2.24) is 29.3 Å². The first-order valence-corrected chi connectivity index (χ1v) is 10.4. The number of pyridine rings is 1. The Morgan fingerprint density at radius 1 is 1.23 bits per heavy atom. The maximum Gasteiger partial charge on any atom is 0.257 e. The smallest absolute Gasteiger partial charge is 0.257 e. The number of rotatable bonds is 6. The van der Waals surface area contributed by atoms with Crippen LogP contribution in [0.2, 0.25) is 0 Å². The first kappa shape index (κ1) is 18.8. The van der Waals surface area contributed by atoms with Crippen molar-refractivity contribution in [3.8, 4) is 0 Å². The molecule has 1 saturated carbocycles. The van der Waals surface area contributed by atoms with E-state index in [0.717, 1.165) is 55.9 Å². The van der Waals surface area contributed by atoms with Crippen LogP contribution in [0, 0.1) is 0 Å². The molecule has 30 heavy (non-hydrogen) atoms. The molecule has 3 aromatic heterocycles. The number of aryl methyl sites for hydroxylation is 1. The van der Waals surface area contributed by atoms with Crippen LogP contribution in [0.4, 0.5) is 5.95 Å². The highest BCUT2D eigenvalue weighted by molar-refractivity contribution is 6.07. The van der Waals surface area contributed by atoms with Crippen LogP contribution in [-0.2, 0) is 13.5 Å². The van der Waals surface area contributed by atoms with Crippen LogP contribution < -0.4 is 4.90 Å². The summed E-state index contributed by atoms with van der Waals surface area (Å²) in [5.41, 5.74) is 2.28. The molecule has 0 atom stereocenters. The molecule has 0 unspecified atom stereocenters. The number of fused-ring (bicyclic) bond motifs is 1. The molecule has 9 nitrogen and oxygen atoms in total. The van der Waals surface area contributed by atoms with Crippen LogP contribution in [0.5, 0.6) is 0 Å². The standard InChI is InChI=1S/C21H25N7O2/c1-25(15-5-6-15)20(30)16-13-22-26(2)19(16)17(29)11-14-7-10-28-18(12-14)23-21(24-28)27-8-3-4-9-27/h7,10,12-13,15H,3-6,8-9,11H2,1-2H3. The summed E-state index contributed by atoms with van der Waals surface area (Å²) in [6.07, 6.45) is 7.87. The van der Waals surface area contributed by atoms with Crippen molar-refractivity contribution in [2.75, 3.05) is 25.0 Å². The topological polar surface area (TPSA) is 88.6 Å². The zero-order valence-corrected chi connectivity index (χ0v) is 17.3. The Labute approximate surface area is 174 Å². The largest absolute Gasteiger partial charge is 0.340 e. The summed E-state index contributed by atoms with van der Waals surface area (Å²) in [6, 6.07) is 4.04. The quantitative estimate of drug-likeness (QED) is 0.578. The SMILES string of the molecule is CN(C(=O)c1cnn(C)c1C(=O)Cc1ccn2nc(N3CCCC3)nc2c1)C1CC1. The van der Waals surface area contributed by atoms with Gasteiger partial charge in [0.1, 0.15) is 5.69 Å². The third-order valence-electron chi connectivity index (χ3n) is 5.99. The van der Waals surface area contributed by atoms with Gasteiger partial charge in [0.2, 0.25) is 5.95 Å². The Balaban J connectivity index is 1.38. The molecule has 0 radical (unpaired) electrons. The molecule has 9 heteroatoms. The molecule has 0 spiro atoms. The van der Waals surface area contributed by atoms with Gasteiger partial charge in [-0.05, 0) is 43.4 Å². The van der Waals surface area contributed by atoms with Gasteiger partial charge in [-0.25, -0.2) is 4.52 Å². The number of Topliss-reactive ketones (excluding diaryl/α,β-unsaturated/α-hetero) is 1. The lowest BCUT2D eigenvalue weighted by Gasteiger charge is -2.16. The number of anilines is 1. The first-order chi connectivity index (χ1) is 14.5. The molecular weight excluding hydrogens is 382 g/mol. The average molecular weight is 407 g/mol. The van der Waals surface area contributed by atoms with E-state index >= 15 is 0 Å². The molecule has 2 fully saturated rings. The van der Waals surface area contributed by atoms with Crippen LogP contribution in [0.15, 0.2) is 24.5 Å². The van der Waals surface area contributed by atoms with E-state index in [1.165, 1.54) is 10.9 Å². The minimum absolute atomic E-state index is 0.133. The number of carbonyl (C=O) groups is 2. The first-order valence-electron chi connectivity index (χ1n) is 10.4. The van der Waals surface area contributed by atoms with E-state index in [1.807, 2.05) is 18.3 Å². The van der Waals surface area contributed by atoms with Gasteiger partial charge < -0.3 is 9.80 Å². The van der Waals surface area contributed by atoms with Crippen LogP contribution >= 0.6 is 0 Å². The van der Waals surface area contributed by atoms with Gasteiger partial charge in [-0.15, -0.1) is 5.10 Å². The van der Waals surface area contributed by atoms with E-state index in [-0.39, 0.29) is 24.2 Å². The fraction of sp³-hybridized carbons (Fsp3) is 0.476. The van der Waals surface area contributed by atoms with Gasteiger partial charge in [0, 0.05) is 45.8 Å². The fourth-order valence-electron chi connectivity index (χ4n) is 4.08. The van der Waals surface area contributed by atoms with Crippen molar-refractivity contribution in [3.63, 3.8) is 0 Å². The summed E-state index contributed by atoms with van der Waals surface area (Å²) >= 11 is 0. The Morgan fingerprint density at radius 2 is 2.00 bits per heavy atom. The summed E-state index contributed by atoms with van der Waals surface area (Å²) in [6.45, 7) is 1.96. The number of carbonyl (C=O) groups excluding carboxylic acids is 2. The highest BCUT2D eigenvalue weighted by Crippen LogP contribution is 2.27. The third kappa shape index (κ3) is 3.34. The number of nitrogens with zero attached hydrogens (tertiary/aromatic N) is 7. The number of hydrogen-bond donors (Lipinski definition) is 0. The lowest BCUT2D eigenvalue weighted by Crippen LogP contribution is -2.30. The van der Waals surface area contributed by atoms with Crippen molar-refractivity contribution in [1.29, 1.82) is 0 Å². The van der Waals surface area contributed by atoms with E-state index < -0.39 is 0 Å². The molecule has 156 valence electrons. The predicted octanol–water partition coefficient (Wildman–Crippen LogP) is 1.72. The molecule has 0 aromatic carbocycles. The van der Waals surface area contributed by atoms with Gasteiger partial charge in [-0.3, -0.25) is 14.3 Å². The molecule has 1 saturated heterocycles. The Kier molecular flexibility index (Phi) is 4.52. The van der Waals surface area contributed by atoms with E-state index in [4.69, 9.17) is 0 Å². The number of amides is 1. The van der Waals surface area contributed by atoms with Crippen molar-refractivity contribution in [2.24, 2.45) is 7.05 Å². The van der Waals surface area contributed by atoms with E-state index in [1.54, 1.807) is 23.5 Å². The Bertz CT molecular complexity index is 1120. The van der Waals surface area contributed by atoms with Crippen LogP contribution in [-0.4, -0.2) is 67.1 Å². The van der Waals surface area contributed by atoms with Gasteiger partial charge in [-0.1, -0.05) is 0 Å². The molecule has 0 N–H and O–H groups in total. The summed E-state index contributed by atoms with van der Waals surface area (Å²) in [5.74, 6) is 0.460. The van der Waals surface area contributed by atoms with Gasteiger partial charge in [0.15, 0.2) is 11.4 Å². The normalized spacial score (nSPS) is 16.4. The number of ketones is 1. The van der Waals surface area contributed by atoms with Gasteiger partial charge in [0.25, 0.3) is 5.91 Å². The highest BCUT2D eigenvalue weighted by Gasteiger charge is 2.33. The monoisotopic (exact) mass is 407 g/mol. The zero-order valence-electron chi connectivity index (χ0n) is 17.3. The summed E-state index contributed by atoms with van der Waals surface area (Å²) in [7, 11) is 3.49. The minimum Gasteiger partial charge on any atom is -0.340 e. The number of hydrogen-bond acceptors (Lipinski definition) is 6. The second kappa shape index (κ2) is 7.23. The van der Waals surface area contributed by atoms with E-state index in [0.29, 0.717) is 11.3 Å². The summed E-state index contributed by atoms with van der Waals surface area (Å²) in [4.78, 5) is 34.4. The van der Waals surface area contributed by atoms with E-state index in [9.17, 15) is 9.59 Å². The van der Waals surface area contributed by atoms with Crippen LogP contribution in [0.1, 0.15) is 52.1 Å². The van der Waals surface area contributed by atoms with Gasteiger partial charge in [-0.2, -0.15) is 10.1 Å². The van der Waals surface area contributed by atoms with Crippen molar-refractivity contribution in [2.45, 2.75) is 38.1 Å². The van der Waals surface area contributed by atoms with Crippen molar-refractivity contribution in [3.05, 3.63) is 41.3 Å². The van der Waals surface area contributed by atoms with Crippen LogP contribution in [0.25, 0.3) is 5.65 Å². The average Bonchev–Trinajstić information content (AvgIpc) is 3.13. The maximum absolute atomic E-state index is 13.1. The number of aromatic nitrogens is 5. The molecule has 2 aliphatic rings. The maximum atomic E-state index is 13.1. The molecule has 3 aromatic rings. The minimum atomic E-state index is -0.142. The van der Waals surface area contributed by atoms with Crippen molar-refractivity contribution < 1.29 is 9.59 Å². The van der Waals surface area contributed by atoms with Crippen LogP contribution in [0.3, 0.4) is 0 Å². The summed E-state index contributed by atoms with van der Waals surface area (Å²) < 4.78 is 3.24. The van der Waals surface area contributed by atoms with E-state index in [2.05, 4.69) is 20.1 Å². The summed E-state index contributed by atoms with van der Waals surface area (Å²) in [5, 5.41) is 8.72. The van der Waals surface area contributed by atoms with Gasteiger partial charge in [0.05, 0.1) is 11.8 Å². The third-order valence-corrected chi connectivity index (χ3v) is 5.99. The molecule has 1 amide bonds. The molecule has 1 aliphatic heterocycles. The molecule has 5 rings (SSSR count). The highest BCUT2D eigenvalue weighted by atomic mass is 16.2. The Hall–Kier alpha value is -3.23. The van der Waals surface area contributed by atoms with Crippen molar-refractivity contribution >= 4 is 23.3 Å². The second-order valence-electron chi connectivity index (χ2n) is 8.22. The molecule has 4 heterocycles. The molecule has 0 bridgehead atoms. The second-order valence-corrected chi connectivity index (χ2v) is 8.22. The van der Waals surface area contributed by atoms with Gasteiger partial charge >= 0.3 is 0 Å².